The van der Waals surface area contributed by atoms with E-state index < -0.39 is 11.8 Å². The molecule has 1 aliphatic rings. The molecule has 0 aromatic heterocycles. The lowest BCUT2D eigenvalue weighted by Gasteiger charge is -2.31. The summed E-state index contributed by atoms with van der Waals surface area (Å²) >= 11 is 0. The van der Waals surface area contributed by atoms with Gasteiger partial charge in [0.05, 0.1) is 12.6 Å². The van der Waals surface area contributed by atoms with Crippen molar-refractivity contribution in [2.45, 2.75) is 32.0 Å². The van der Waals surface area contributed by atoms with Gasteiger partial charge in [-0.15, -0.1) is 0 Å². The van der Waals surface area contributed by atoms with Crippen LogP contribution in [0.15, 0.2) is 54.6 Å². The number of nitrogens with one attached hydrogen (secondary N) is 1. The summed E-state index contributed by atoms with van der Waals surface area (Å²) in [4.78, 5) is 25.1. The molecule has 1 saturated heterocycles. The van der Waals surface area contributed by atoms with E-state index in [1.54, 1.807) is 26.0 Å². The molecule has 0 saturated carbocycles. The number of rotatable bonds is 4. The standard InChI is InChI=1S/C20H22N2O4/c1-20(2)22(19(24)25)17(13-26-20)12-14-8-10-16(11-9-14)21-18(23)15-6-4-3-5-7-15/h3-11,17H,12-13H2,1-2H3,(H,21,23)(H,24,25). The lowest BCUT2D eigenvalue weighted by atomic mass is 10.0. The zero-order valence-electron chi connectivity index (χ0n) is 14.8. The third kappa shape index (κ3) is 3.86. The smallest absolute Gasteiger partial charge is 0.409 e. The minimum absolute atomic E-state index is 0.165. The second-order valence-corrected chi connectivity index (χ2v) is 6.79. The Labute approximate surface area is 152 Å². The van der Waals surface area contributed by atoms with Crippen molar-refractivity contribution in [3.63, 3.8) is 0 Å². The predicted octanol–water partition coefficient (Wildman–Crippen LogP) is 3.60. The number of anilines is 1. The van der Waals surface area contributed by atoms with Gasteiger partial charge in [0.2, 0.25) is 0 Å². The summed E-state index contributed by atoms with van der Waals surface area (Å²) in [6.45, 7) is 3.87. The van der Waals surface area contributed by atoms with Gasteiger partial charge in [-0.3, -0.25) is 9.69 Å². The Morgan fingerprint density at radius 1 is 1.15 bits per heavy atom. The van der Waals surface area contributed by atoms with Gasteiger partial charge in [-0.2, -0.15) is 0 Å². The van der Waals surface area contributed by atoms with Crippen LogP contribution in [0.2, 0.25) is 0 Å². The molecular weight excluding hydrogens is 332 g/mol. The van der Waals surface area contributed by atoms with E-state index >= 15 is 0 Å². The molecule has 2 aromatic rings. The Kier molecular flexibility index (Phi) is 4.95. The summed E-state index contributed by atoms with van der Waals surface area (Å²) in [5.41, 5.74) is 1.46. The first-order valence-electron chi connectivity index (χ1n) is 8.48. The number of carbonyl (C=O) groups is 2. The van der Waals surface area contributed by atoms with Gasteiger partial charge >= 0.3 is 6.09 Å². The zero-order valence-corrected chi connectivity index (χ0v) is 14.8. The largest absolute Gasteiger partial charge is 0.465 e. The Hall–Kier alpha value is -2.86. The van der Waals surface area contributed by atoms with Crippen LogP contribution in [0.4, 0.5) is 10.5 Å². The van der Waals surface area contributed by atoms with Crippen LogP contribution in [0.3, 0.4) is 0 Å². The molecule has 0 aliphatic carbocycles. The second-order valence-electron chi connectivity index (χ2n) is 6.79. The third-order valence-corrected chi connectivity index (χ3v) is 4.50. The van der Waals surface area contributed by atoms with Crippen LogP contribution in [0.5, 0.6) is 0 Å². The van der Waals surface area contributed by atoms with Crippen LogP contribution in [0.25, 0.3) is 0 Å². The first-order chi connectivity index (χ1) is 12.4. The van der Waals surface area contributed by atoms with Crippen LogP contribution in [-0.4, -0.2) is 40.4 Å². The number of amides is 2. The van der Waals surface area contributed by atoms with Crippen LogP contribution in [-0.2, 0) is 11.2 Å². The highest BCUT2D eigenvalue weighted by Gasteiger charge is 2.43. The van der Waals surface area contributed by atoms with E-state index in [0.29, 0.717) is 24.3 Å². The summed E-state index contributed by atoms with van der Waals surface area (Å²) in [5, 5.41) is 12.3. The zero-order chi connectivity index (χ0) is 18.7. The maximum atomic E-state index is 12.2. The van der Waals surface area contributed by atoms with E-state index in [1.165, 1.54) is 4.90 Å². The highest BCUT2D eigenvalue weighted by molar-refractivity contribution is 6.04. The fourth-order valence-electron chi connectivity index (χ4n) is 3.21. The van der Waals surface area contributed by atoms with E-state index in [0.717, 1.165) is 5.56 Å². The molecule has 0 radical (unpaired) electrons. The number of carboxylic acid groups (broad SMARTS) is 1. The van der Waals surface area contributed by atoms with Crippen molar-refractivity contribution in [1.29, 1.82) is 0 Å². The first-order valence-corrected chi connectivity index (χ1v) is 8.48. The highest BCUT2D eigenvalue weighted by atomic mass is 16.5. The van der Waals surface area contributed by atoms with Crippen molar-refractivity contribution >= 4 is 17.7 Å². The Bertz CT molecular complexity index is 787. The average molecular weight is 354 g/mol. The number of hydrogen-bond acceptors (Lipinski definition) is 3. The molecule has 2 amide bonds. The SMILES string of the molecule is CC1(C)OCC(Cc2ccc(NC(=O)c3ccccc3)cc2)N1C(=O)O. The molecule has 1 heterocycles. The topological polar surface area (TPSA) is 78.9 Å². The molecule has 6 nitrogen and oxygen atoms in total. The maximum Gasteiger partial charge on any atom is 0.409 e. The molecule has 1 unspecified atom stereocenters. The predicted molar refractivity (Wildman–Crippen MR) is 98.2 cm³/mol. The fourth-order valence-corrected chi connectivity index (χ4v) is 3.21. The van der Waals surface area contributed by atoms with Gasteiger partial charge < -0.3 is 15.2 Å². The molecule has 0 spiro atoms. The monoisotopic (exact) mass is 354 g/mol. The molecule has 1 aliphatic heterocycles. The summed E-state index contributed by atoms with van der Waals surface area (Å²) < 4.78 is 5.61. The molecule has 1 fully saturated rings. The van der Waals surface area contributed by atoms with Crippen molar-refractivity contribution in [2.75, 3.05) is 11.9 Å². The molecule has 136 valence electrons. The minimum Gasteiger partial charge on any atom is -0.465 e. The van der Waals surface area contributed by atoms with E-state index in [4.69, 9.17) is 4.74 Å². The minimum atomic E-state index is -0.982. The van der Waals surface area contributed by atoms with Gasteiger partial charge in [0.1, 0.15) is 5.72 Å². The average Bonchev–Trinajstić information content (AvgIpc) is 2.91. The van der Waals surface area contributed by atoms with Gasteiger partial charge in [0, 0.05) is 11.3 Å². The first kappa shape index (κ1) is 17.9. The number of nitrogens with zero attached hydrogens (tertiary/aromatic N) is 1. The quantitative estimate of drug-likeness (QED) is 0.879. The lowest BCUT2D eigenvalue weighted by molar-refractivity contribution is -0.0419. The molecule has 1 atom stereocenters. The summed E-state index contributed by atoms with van der Waals surface area (Å²) in [6, 6.07) is 16.2. The Morgan fingerprint density at radius 2 is 1.81 bits per heavy atom. The molecule has 2 aromatic carbocycles. The number of ether oxygens (including phenoxy) is 1. The highest BCUT2D eigenvalue weighted by Crippen LogP contribution is 2.29. The van der Waals surface area contributed by atoms with Crippen LogP contribution >= 0.6 is 0 Å². The van der Waals surface area contributed by atoms with Gasteiger partial charge in [-0.05, 0) is 50.1 Å². The fraction of sp³-hybridized carbons (Fsp3) is 0.300. The van der Waals surface area contributed by atoms with Crippen LogP contribution in [0.1, 0.15) is 29.8 Å². The number of hydrogen-bond donors (Lipinski definition) is 2. The van der Waals surface area contributed by atoms with E-state index in [1.807, 2.05) is 42.5 Å². The lowest BCUT2D eigenvalue weighted by Crippen LogP contribution is -2.47. The van der Waals surface area contributed by atoms with E-state index in [-0.39, 0.29) is 11.9 Å². The normalized spacial score (nSPS) is 18.5. The van der Waals surface area contributed by atoms with Gasteiger partial charge in [-0.1, -0.05) is 30.3 Å². The van der Waals surface area contributed by atoms with Crippen molar-refractivity contribution < 1.29 is 19.4 Å². The van der Waals surface area contributed by atoms with E-state index in [9.17, 15) is 14.7 Å². The van der Waals surface area contributed by atoms with Crippen molar-refractivity contribution in [3.05, 3.63) is 65.7 Å². The molecule has 2 N–H and O–H groups in total. The van der Waals surface area contributed by atoms with Crippen molar-refractivity contribution in [3.8, 4) is 0 Å². The molecule has 6 heteroatoms. The van der Waals surface area contributed by atoms with Gasteiger partial charge in [0.25, 0.3) is 5.91 Å². The van der Waals surface area contributed by atoms with Gasteiger partial charge in [0.15, 0.2) is 0 Å². The Morgan fingerprint density at radius 3 is 2.42 bits per heavy atom. The van der Waals surface area contributed by atoms with Crippen molar-refractivity contribution in [2.24, 2.45) is 0 Å². The maximum absolute atomic E-state index is 12.2. The van der Waals surface area contributed by atoms with E-state index in [2.05, 4.69) is 5.32 Å². The summed E-state index contributed by atoms with van der Waals surface area (Å²) in [7, 11) is 0. The number of benzene rings is 2. The number of carbonyl (C=O) groups excluding carboxylic acids is 1. The Balaban J connectivity index is 1.65. The molecule has 26 heavy (non-hydrogen) atoms. The molecule has 3 rings (SSSR count). The van der Waals surface area contributed by atoms with Crippen molar-refractivity contribution in [1.82, 2.24) is 4.90 Å². The van der Waals surface area contributed by atoms with Crippen LogP contribution < -0.4 is 5.32 Å². The molecule has 0 bridgehead atoms. The second kappa shape index (κ2) is 7.17. The van der Waals surface area contributed by atoms with Gasteiger partial charge in [-0.25, -0.2) is 4.79 Å². The summed E-state index contributed by atoms with van der Waals surface area (Å²) in [5.74, 6) is -0.165. The van der Waals surface area contributed by atoms with Crippen LogP contribution in [0, 0.1) is 0 Å². The molecular formula is C20H22N2O4. The third-order valence-electron chi connectivity index (χ3n) is 4.50. The summed E-state index contributed by atoms with van der Waals surface area (Å²) in [6.07, 6.45) is -0.424.